The quantitative estimate of drug-likeness (QED) is 0.678. The van der Waals surface area contributed by atoms with Gasteiger partial charge in [-0.25, -0.2) is 9.18 Å². The van der Waals surface area contributed by atoms with Crippen molar-refractivity contribution in [2.24, 2.45) is 0 Å². The average Bonchev–Trinajstić information content (AvgIpc) is 2.67. The Morgan fingerprint density at radius 2 is 1.68 bits per heavy atom. The Bertz CT molecular complexity index is 827. The molecule has 7 nitrogen and oxygen atoms in total. The minimum absolute atomic E-state index is 0.255. The molecule has 0 saturated heterocycles. The molecule has 0 spiro atoms. The van der Waals surface area contributed by atoms with Gasteiger partial charge >= 0.3 is 5.97 Å². The van der Waals surface area contributed by atoms with Crippen LogP contribution in [0, 0.1) is 5.82 Å². The summed E-state index contributed by atoms with van der Waals surface area (Å²) in [6, 6.07) is 11.6. The fraction of sp³-hybridized carbons (Fsp3) is 0.211. The van der Waals surface area contributed by atoms with Crippen LogP contribution in [0.4, 0.5) is 10.1 Å². The zero-order valence-electron chi connectivity index (χ0n) is 15.0. The van der Waals surface area contributed by atoms with Crippen LogP contribution in [0.25, 0.3) is 0 Å². The Labute approximate surface area is 166 Å². The molecule has 2 aromatic rings. The molecule has 28 heavy (non-hydrogen) atoms. The number of likely N-dealkylation sites (N-methyl/N-ethyl adjacent to an activating group) is 1. The van der Waals surface area contributed by atoms with Gasteiger partial charge in [0.05, 0.1) is 6.54 Å². The number of hydrogen-bond acceptors (Lipinski definition) is 5. The molecule has 0 bridgehead atoms. The van der Waals surface area contributed by atoms with Crippen LogP contribution < -0.4 is 10.1 Å². The van der Waals surface area contributed by atoms with Crippen molar-refractivity contribution in [3.05, 3.63) is 59.4 Å². The average molecular weight is 409 g/mol. The monoisotopic (exact) mass is 408 g/mol. The van der Waals surface area contributed by atoms with Gasteiger partial charge in [0.1, 0.15) is 11.6 Å². The summed E-state index contributed by atoms with van der Waals surface area (Å²) in [5.74, 6) is -1.75. The van der Waals surface area contributed by atoms with Crippen molar-refractivity contribution in [1.29, 1.82) is 0 Å². The van der Waals surface area contributed by atoms with E-state index in [-0.39, 0.29) is 13.2 Å². The molecule has 2 amide bonds. The number of amides is 2. The van der Waals surface area contributed by atoms with Crippen LogP contribution in [-0.2, 0) is 19.1 Å². The maximum absolute atomic E-state index is 12.8. The number of nitrogens with zero attached hydrogens (tertiary/aromatic N) is 1. The summed E-state index contributed by atoms with van der Waals surface area (Å²) in [7, 11) is 1.39. The third kappa shape index (κ3) is 7.24. The van der Waals surface area contributed by atoms with Gasteiger partial charge in [-0.3, -0.25) is 9.59 Å². The van der Waals surface area contributed by atoms with Crippen molar-refractivity contribution < 1.29 is 28.2 Å². The normalized spacial score (nSPS) is 10.1. The number of hydrogen-bond donors (Lipinski definition) is 1. The third-order valence-corrected chi connectivity index (χ3v) is 3.71. The molecule has 0 heterocycles. The number of carbonyl (C=O) groups is 3. The Kier molecular flexibility index (Phi) is 7.76. The second-order valence-electron chi connectivity index (χ2n) is 5.71. The number of esters is 1. The molecule has 2 aromatic carbocycles. The molecular formula is C19H18ClFN2O5. The Hall–Kier alpha value is -3.13. The SMILES string of the molecule is CN(CC(=O)Nc1ccc(F)cc1)C(=O)COC(=O)COc1ccc(Cl)cc1. The van der Waals surface area contributed by atoms with Gasteiger partial charge in [-0.2, -0.15) is 0 Å². The minimum Gasteiger partial charge on any atom is -0.482 e. The lowest BCUT2D eigenvalue weighted by molar-refractivity contribution is -0.153. The molecule has 0 unspecified atom stereocenters. The fourth-order valence-corrected chi connectivity index (χ4v) is 2.13. The van der Waals surface area contributed by atoms with Crippen molar-refractivity contribution in [3.8, 4) is 5.75 Å². The first-order valence-corrected chi connectivity index (χ1v) is 8.54. The maximum Gasteiger partial charge on any atom is 0.344 e. The standard InChI is InChI=1S/C19H18ClFN2O5/c1-23(10-17(24)22-15-6-4-14(21)5-7-15)18(25)11-28-19(26)12-27-16-8-2-13(20)3-9-16/h2-9H,10-12H2,1H3,(H,22,24). The minimum atomic E-state index is -0.729. The van der Waals surface area contributed by atoms with Crippen LogP contribution in [0.2, 0.25) is 5.02 Å². The van der Waals surface area contributed by atoms with Gasteiger partial charge < -0.3 is 19.7 Å². The summed E-state index contributed by atoms with van der Waals surface area (Å²) in [6.45, 7) is -1.15. The van der Waals surface area contributed by atoms with Crippen molar-refractivity contribution >= 4 is 35.1 Å². The van der Waals surface area contributed by atoms with Gasteiger partial charge in [-0.05, 0) is 48.5 Å². The number of halogens is 2. The third-order valence-electron chi connectivity index (χ3n) is 3.46. The molecule has 0 fully saturated rings. The molecular weight excluding hydrogens is 391 g/mol. The molecule has 0 atom stereocenters. The second-order valence-corrected chi connectivity index (χ2v) is 6.14. The first-order chi connectivity index (χ1) is 13.3. The summed E-state index contributed by atoms with van der Waals surface area (Å²) < 4.78 is 22.9. The largest absolute Gasteiger partial charge is 0.482 e. The second kappa shape index (κ2) is 10.3. The summed E-state index contributed by atoms with van der Waals surface area (Å²) in [5.41, 5.74) is 0.401. The first kappa shape index (κ1) is 21.2. The van der Waals surface area contributed by atoms with Gasteiger partial charge in [0, 0.05) is 17.8 Å². The lowest BCUT2D eigenvalue weighted by Gasteiger charge is -2.17. The fourth-order valence-electron chi connectivity index (χ4n) is 2.00. The van der Waals surface area contributed by atoms with E-state index in [0.717, 1.165) is 4.90 Å². The molecule has 0 aliphatic heterocycles. The molecule has 148 valence electrons. The topological polar surface area (TPSA) is 84.9 Å². The molecule has 0 aromatic heterocycles. The predicted molar refractivity (Wildman–Crippen MR) is 101 cm³/mol. The van der Waals surface area contributed by atoms with E-state index in [2.05, 4.69) is 5.32 Å². The molecule has 1 N–H and O–H groups in total. The Morgan fingerprint density at radius 1 is 1.04 bits per heavy atom. The summed E-state index contributed by atoms with van der Waals surface area (Å²) >= 11 is 5.74. The van der Waals surface area contributed by atoms with E-state index in [1.54, 1.807) is 24.3 Å². The van der Waals surface area contributed by atoms with Crippen molar-refractivity contribution in [3.63, 3.8) is 0 Å². The lowest BCUT2D eigenvalue weighted by atomic mass is 10.3. The summed E-state index contributed by atoms with van der Waals surface area (Å²) in [5, 5.41) is 3.06. The molecule has 2 rings (SSSR count). The van der Waals surface area contributed by atoms with Gasteiger partial charge in [-0.15, -0.1) is 0 Å². The maximum atomic E-state index is 12.8. The lowest BCUT2D eigenvalue weighted by Crippen LogP contribution is -2.37. The van der Waals surface area contributed by atoms with Crippen LogP contribution in [-0.4, -0.2) is 49.5 Å². The Balaban J connectivity index is 1.69. The highest BCUT2D eigenvalue weighted by molar-refractivity contribution is 6.30. The van der Waals surface area contributed by atoms with E-state index in [9.17, 15) is 18.8 Å². The van der Waals surface area contributed by atoms with Crippen LogP contribution in [0.5, 0.6) is 5.75 Å². The highest BCUT2D eigenvalue weighted by Crippen LogP contribution is 2.15. The number of rotatable bonds is 8. The Morgan fingerprint density at radius 3 is 2.32 bits per heavy atom. The summed E-state index contributed by atoms with van der Waals surface area (Å²) in [4.78, 5) is 36.6. The molecule has 9 heteroatoms. The van der Waals surface area contributed by atoms with Gasteiger partial charge in [0.15, 0.2) is 13.2 Å². The van der Waals surface area contributed by atoms with E-state index < -0.39 is 30.2 Å². The number of nitrogens with one attached hydrogen (secondary N) is 1. The van der Waals surface area contributed by atoms with E-state index in [4.69, 9.17) is 21.1 Å². The van der Waals surface area contributed by atoms with E-state index in [0.29, 0.717) is 16.5 Å². The first-order valence-electron chi connectivity index (χ1n) is 8.17. The number of ether oxygens (including phenoxy) is 2. The molecule has 0 saturated carbocycles. The van der Waals surface area contributed by atoms with Crippen molar-refractivity contribution in [2.75, 3.05) is 32.1 Å². The number of anilines is 1. The zero-order valence-corrected chi connectivity index (χ0v) is 15.7. The van der Waals surface area contributed by atoms with E-state index >= 15 is 0 Å². The van der Waals surface area contributed by atoms with Crippen molar-refractivity contribution in [1.82, 2.24) is 4.90 Å². The highest BCUT2D eigenvalue weighted by atomic mass is 35.5. The van der Waals surface area contributed by atoms with Crippen molar-refractivity contribution in [2.45, 2.75) is 0 Å². The highest BCUT2D eigenvalue weighted by Gasteiger charge is 2.15. The van der Waals surface area contributed by atoms with E-state index in [1.807, 2.05) is 0 Å². The molecule has 0 aliphatic carbocycles. The van der Waals surface area contributed by atoms with Crippen LogP contribution in [0.15, 0.2) is 48.5 Å². The zero-order chi connectivity index (χ0) is 20.5. The van der Waals surface area contributed by atoms with Crippen LogP contribution in [0.3, 0.4) is 0 Å². The smallest absolute Gasteiger partial charge is 0.344 e. The van der Waals surface area contributed by atoms with Gasteiger partial charge in [0.25, 0.3) is 5.91 Å². The van der Waals surface area contributed by atoms with Gasteiger partial charge in [-0.1, -0.05) is 11.6 Å². The predicted octanol–water partition coefficient (Wildman–Crippen LogP) is 2.50. The summed E-state index contributed by atoms with van der Waals surface area (Å²) in [6.07, 6.45) is 0. The number of benzene rings is 2. The van der Waals surface area contributed by atoms with E-state index in [1.165, 1.54) is 31.3 Å². The van der Waals surface area contributed by atoms with Crippen LogP contribution >= 0.6 is 11.6 Å². The number of carbonyl (C=O) groups excluding carboxylic acids is 3. The molecule has 0 radical (unpaired) electrons. The van der Waals surface area contributed by atoms with Gasteiger partial charge in [0.2, 0.25) is 5.91 Å². The van der Waals surface area contributed by atoms with Crippen LogP contribution in [0.1, 0.15) is 0 Å². The molecule has 0 aliphatic rings.